The lowest BCUT2D eigenvalue weighted by atomic mass is 9.80. The summed E-state index contributed by atoms with van der Waals surface area (Å²) in [6.07, 6.45) is 9.47. The van der Waals surface area contributed by atoms with Gasteiger partial charge in [-0.15, -0.1) is 10.2 Å². The molecule has 1 saturated heterocycles. The highest BCUT2D eigenvalue weighted by Crippen LogP contribution is 2.41. The highest BCUT2D eigenvalue weighted by atomic mass is 16.2. The van der Waals surface area contributed by atoms with Gasteiger partial charge in [-0.25, -0.2) is 0 Å². The zero-order valence-electron chi connectivity index (χ0n) is 19.9. The predicted molar refractivity (Wildman–Crippen MR) is 126 cm³/mol. The van der Waals surface area contributed by atoms with Crippen LogP contribution in [0.15, 0.2) is 18.2 Å². The molecule has 1 aromatic heterocycles. The lowest BCUT2D eigenvalue weighted by Crippen LogP contribution is -2.37. The normalized spacial score (nSPS) is 23.4. The van der Waals surface area contributed by atoms with Crippen LogP contribution in [0.4, 0.5) is 0 Å². The van der Waals surface area contributed by atoms with Crippen LogP contribution in [0.2, 0.25) is 0 Å². The Morgan fingerprint density at radius 1 is 0.970 bits per heavy atom. The Balaban J connectivity index is 1.26. The number of aromatic nitrogens is 3. The van der Waals surface area contributed by atoms with Crippen LogP contribution in [-0.2, 0) is 13.0 Å². The topological polar surface area (TPSA) is 80.1 Å². The van der Waals surface area contributed by atoms with E-state index in [1.54, 1.807) is 0 Å². The highest BCUT2D eigenvalue weighted by molar-refractivity contribution is 5.95. The number of nitrogens with zero attached hydrogens (tertiary/aromatic N) is 4. The summed E-state index contributed by atoms with van der Waals surface area (Å²) in [6, 6.07) is 6.35. The Morgan fingerprint density at radius 2 is 1.70 bits per heavy atom. The van der Waals surface area contributed by atoms with Gasteiger partial charge in [-0.2, -0.15) is 0 Å². The number of hydrogen-bond acceptors (Lipinski definition) is 4. The van der Waals surface area contributed by atoms with E-state index >= 15 is 0 Å². The summed E-state index contributed by atoms with van der Waals surface area (Å²) in [7, 11) is 0. The van der Waals surface area contributed by atoms with Crippen LogP contribution in [0.25, 0.3) is 0 Å². The van der Waals surface area contributed by atoms with Crippen molar-refractivity contribution in [1.82, 2.24) is 25.0 Å². The Hall–Kier alpha value is -2.70. The molecule has 2 amide bonds. The molecule has 2 aromatic rings. The van der Waals surface area contributed by atoms with E-state index in [1.807, 2.05) is 35.4 Å². The van der Waals surface area contributed by atoms with Crippen LogP contribution in [0.1, 0.15) is 89.3 Å². The molecule has 3 heterocycles. The minimum Gasteiger partial charge on any atom is -0.347 e. The van der Waals surface area contributed by atoms with Crippen molar-refractivity contribution in [2.75, 3.05) is 13.1 Å². The fraction of sp³-hybridized carbons (Fsp3) is 0.615. The van der Waals surface area contributed by atoms with Crippen molar-refractivity contribution in [3.63, 3.8) is 0 Å². The predicted octanol–water partition coefficient (Wildman–Crippen LogP) is 3.83. The summed E-state index contributed by atoms with van der Waals surface area (Å²) in [4.78, 5) is 28.2. The van der Waals surface area contributed by atoms with E-state index in [-0.39, 0.29) is 23.3 Å². The molecule has 176 valence electrons. The molecular formula is C26H35N5O2. The number of rotatable bonds is 3. The molecule has 1 aromatic carbocycles. The molecule has 0 unspecified atom stereocenters. The summed E-state index contributed by atoms with van der Waals surface area (Å²) in [5.74, 6) is 1.40. The number of amides is 2. The number of hydrogen-bond donors (Lipinski definition) is 1. The van der Waals surface area contributed by atoms with Gasteiger partial charge >= 0.3 is 0 Å². The van der Waals surface area contributed by atoms with Gasteiger partial charge < -0.3 is 14.8 Å². The number of fused-ring (bicyclic) bond motifs is 1. The average molecular weight is 450 g/mol. The minimum absolute atomic E-state index is 0.0883. The quantitative estimate of drug-likeness (QED) is 0.772. The largest absolute Gasteiger partial charge is 0.347 e. The molecule has 0 bridgehead atoms. The van der Waals surface area contributed by atoms with E-state index in [4.69, 9.17) is 0 Å². The van der Waals surface area contributed by atoms with E-state index < -0.39 is 0 Å². The fourth-order valence-electron chi connectivity index (χ4n) is 6.07. The molecule has 3 aliphatic rings. The highest BCUT2D eigenvalue weighted by Gasteiger charge is 2.42. The van der Waals surface area contributed by atoms with Crippen LogP contribution in [0.5, 0.6) is 0 Å². The van der Waals surface area contributed by atoms with Crippen LogP contribution in [0, 0.1) is 19.3 Å². The molecule has 1 saturated carbocycles. The van der Waals surface area contributed by atoms with Crippen molar-refractivity contribution in [3.05, 3.63) is 46.5 Å². The number of carbonyl (C=O) groups is 2. The molecule has 0 radical (unpaired) electrons. The maximum Gasteiger partial charge on any atom is 0.289 e. The third kappa shape index (κ3) is 4.55. The Bertz CT molecular complexity index is 1030. The molecule has 1 spiro atoms. The van der Waals surface area contributed by atoms with Crippen LogP contribution < -0.4 is 5.32 Å². The van der Waals surface area contributed by atoms with Crippen LogP contribution in [-0.4, -0.2) is 50.6 Å². The zero-order chi connectivity index (χ0) is 23.0. The number of aryl methyl sites for hydroxylation is 3. The number of benzene rings is 1. The lowest BCUT2D eigenvalue weighted by Gasteiger charge is -2.27. The molecule has 7 heteroatoms. The van der Waals surface area contributed by atoms with Gasteiger partial charge in [0.1, 0.15) is 5.82 Å². The summed E-state index contributed by atoms with van der Waals surface area (Å²) in [5.41, 5.74) is 3.13. The maximum absolute atomic E-state index is 13.2. The van der Waals surface area contributed by atoms with E-state index in [1.165, 1.54) is 19.3 Å². The first-order valence-corrected chi connectivity index (χ1v) is 12.5. The summed E-state index contributed by atoms with van der Waals surface area (Å²) in [6.45, 7) is 6.39. The minimum atomic E-state index is -0.0883. The van der Waals surface area contributed by atoms with E-state index in [0.717, 1.165) is 80.7 Å². The second kappa shape index (κ2) is 8.92. The second-order valence-electron chi connectivity index (χ2n) is 10.5. The second-order valence-corrected chi connectivity index (χ2v) is 10.5. The molecule has 2 aliphatic heterocycles. The van der Waals surface area contributed by atoms with E-state index in [0.29, 0.717) is 5.82 Å². The first-order chi connectivity index (χ1) is 15.9. The number of carbonyl (C=O) groups excluding carboxylic acids is 2. The zero-order valence-corrected chi connectivity index (χ0v) is 19.9. The SMILES string of the molecule is Cc1cc(C)cc(C(=O)N2CC[C@@]3(CCc4nnc(C(=O)NC5CCCCC5)n4CC3)C2)c1. The van der Waals surface area contributed by atoms with Crippen molar-refractivity contribution >= 4 is 11.8 Å². The monoisotopic (exact) mass is 449 g/mol. The molecule has 1 N–H and O–H groups in total. The Labute approximate surface area is 195 Å². The van der Waals surface area contributed by atoms with E-state index in [9.17, 15) is 9.59 Å². The fourth-order valence-corrected chi connectivity index (χ4v) is 6.07. The number of nitrogens with one attached hydrogen (secondary N) is 1. The van der Waals surface area contributed by atoms with Crippen molar-refractivity contribution in [1.29, 1.82) is 0 Å². The molecule has 7 nitrogen and oxygen atoms in total. The summed E-state index contributed by atoms with van der Waals surface area (Å²) in [5, 5.41) is 11.8. The van der Waals surface area contributed by atoms with Gasteiger partial charge in [0.05, 0.1) is 0 Å². The van der Waals surface area contributed by atoms with Crippen molar-refractivity contribution in [2.24, 2.45) is 5.41 Å². The molecule has 33 heavy (non-hydrogen) atoms. The molecule has 1 aliphatic carbocycles. The van der Waals surface area contributed by atoms with Crippen LogP contribution >= 0.6 is 0 Å². The lowest BCUT2D eigenvalue weighted by molar-refractivity contribution is 0.0767. The third-order valence-corrected chi connectivity index (χ3v) is 7.91. The first-order valence-electron chi connectivity index (χ1n) is 12.5. The maximum atomic E-state index is 13.2. The van der Waals surface area contributed by atoms with Gasteiger partial charge in [-0.05, 0) is 63.5 Å². The van der Waals surface area contributed by atoms with Gasteiger partial charge in [0.2, 0.25) is 5.82 Å². The molecule has 1 atom stereocenters. The van der Waals surface area contributed by atoms with E-state index in [2.05, 4.69) is 21.6 Å². The van der Waals surface area contributed by atoms with Crippen molar-refractivity contribution in [2.45, 2.75) is 84.2 Å². The van der Waals surface area contributed by atoms with Crippen LogP contribution in [0.3, 0.4) is 0 Å². The summed E-state index contributed by atoms with van der Waals surface area (Å²) < 4.78 is 2.03. The standard InChI is InChI=1S/C26H35N5O2/c1-18-14-19(2)16-20(15-18)25(33)30-12-10-26(17-30)9-8-22-28-29-23(31(22)13-11-26)24(32)27-21-6-4-3-5-7-21/h14-16,21H,3-13,17H2,1-2H3,(H,27,32)/t26-/m1/s1. The third-order valence-electron chi connectivity index (χ3n) is 7.91. The Kier molecular flexibility index (Phi) is 5.97. The average Bonchev–Trinajstić information content (AvgIpc) is 3.36. The molecular weight excluding hydrogens is 414 g/mol. The van der Waals surface area contributed by atoms with Gasteiger partial charge in [0, 0.05) is 37.7 Å². The van der Waals surface area contributed by atoms with Crippen molar-refractivity contribution in [3.8, 4) is 0 Å². The van der Waals surface area contributed by atoms with Gasteiger partial charge in [0.15, 0.2) is 0 Å². The van der Waals surface area contributed by atoms with Crippen molar-refractivity contribution < 1.29 is 9.59 Å². The molecule has 2 fully saturated rings. The summed E-state index contributed by atoms with van der Waals surface area (Å²) >= 11 is 0. The first kappa shape index (κ1) is 22.1. The Morgan fingerprint density at radius 3 is 2.45 bits per heavy atom. The van der Waals surface area contributed by atoms with Gasteiger partial charge in [-0.3, -0.25) is 9.59 Å². The van der Waals surface area contributed by atoms with Gasteiger partial charge in [-0.1, -0.05) is 36.5 Å². The molecule has 5 rings (SSSR count). The smallest absolute Gasteiger partial charge is 0.289 e. The van der Waals surface area contributed by atoms with Gasteiger partial charge in [0.25, 0.3) is 11.8 Å². The number of likely N-dealkylation sites (tertiary alicyclic amines) is 1.